The minimum Gasteiger partial charge on any atom is -0.363 e. The Hall–Kier alpha value is -1.76. The van der Waals surface area contributed by atoms with Crippen molar-refractivity contribution in [1.29, 1.82) is 0 Å². The second-order valence-electron chi connectivity index (χ2n) is 1.97. The van der Waals surface area contributed by atoms with Crippen LogP contribution in [0.4, 0.5) is 0 Å². The van der Waals surface area contributed by atoms with Gasteiger partial charge in [-0.15, -0.1) is 11.3 Å². The number of nitrogens with zero attached hydrogens (tertiary/aromatic N) is 3. The van der Waals surface area contributed by atoms with Crippen LogP contribution in [0.25, 0.3) is 0 Å². The predicted molar refractivity (Wildman–Crippen MR) is 50.5 cm³/mol. The molecule has 68 valence electrons. The highest BCUT2D eigenvalue weighted by Crippen LogP contribution is 2.04. The number of aliphatic imine (C=N–C) groups is 1. The zero-order valence-corrected chi connectivity index (χ0v) is 7.27. The normalized spacial score (nSPS) is 12.2. The van der Waals surface area contributed by atoms with E-state index in [1.165, 1.54) is 17.6 Å². The third-order valence-corrected chi connectivity index (χ3v) is 1.86. The standard InChI is InChI=1S/C6H6N4O2S/c7-6(9-10(11)12)8-4-5-2-1-3-13-5/h1-4H,(H2,7,9). The summed E-state index contributed by atoms with van der Waals surface area (Å²) in [7, 11) is 0. The maximum absolute atomic E-state index is 9.84. The highest BCUT2D eigenvalue weighted by Gasteiger charge is 1.94. The Balaban J connectivity index is 2.64. The molecule has 1 aromatic heterocycles. The molecule has 0 spiro atoms. The summed E-state index contributed by atoms with van der Waals surface area (Å²) in [6.07, 6.45) is 1.42. The van der Waals surface area contributed by atoms with Crippen molar-refractivity contribution < 1.29 is 5.03 Å². The van der Waals surface area contributed by atoms with Gasteiger partial charge >= 0.3 is 0 Å². The van der Waals surface area contributed by atoms with Crippen molar-refractivity contribution in [3.63, 3.8) is 0 Å². The first-order valence-electron chi connectivity index (χ1n) is 3.24. The lowest BCUT2D eigenvalue weighted by molar-refractivity contribution is -0.485. The third kappa shape index (κ3) is 3.43. The second kappa shape index (κ2) is 4.31. The molecule has 0 saturated heterocycles. The molecule has 0 atom stereocenters. The molecule has 0 saturated carbocycles. The number of thiophene rings is 1. The predicted octanol–water partition coefficient (Wildman–Crippen LogP) is 0.673. The summed E-state index contributed by atoms with van der Waals surface area (Å²) in [5.41, 5.74) is 5.11. The summed E-state index contributed by atoms with van der Waals surface area (Å²) in [6, 6.07) is 3.65. The summed E-state index contributed by atoms with van der Waals surface area (Å²) >= 11 is 1.45. The van der Waals surface area contributed by atoms with Crippen LogP contribution in [0.5, 0.6) is 0 Å². The summed E-state index contributed by atoms with van der Waals surface area (Å²) < 4.78 is 0. The van der Waals surface area contributed by atoms with Gasteiger partial charge in [-0.2, -0.15) is 0 Å². The van der Waals surface area contributed by atoms with Gasteiger partial charge in [0.2, 0.25) is 0 Å². The van der Waals surface area contributed by atoms with Gasteiger partial charge in [0.15, 0.2) is 5.03 Å². The van der Waals surface area contributed by atoms with E-state index in [0.29, 0.717) is 0 Å². The quantitative estimate of drug-likeness (QED) is 0.327. The van der Waals surface area contributed by atoms with Crippen LogP contribution in [0.3, 0.4) is 0 Å². The Labute approximate surface area is 77.6 Å². The van der Waals surface area contributed by atoms with E-state index in [1.807, 2.05) is 17.5 Å². The maximum Gasteiger partial charge on any atom is 0.292 e. The molecule has 6 nitrogen and oxygen atoms in total. The fourth-order valence-electron chi connectivity index (χ4n) is 0.604. The highest BCUT2D eigenvalue weighted by molar-refractivity contribution is 7.11. The summed E-state index contributed by atoms with van der Waals surface area (Å²) in [4.78, 5) is 14.3. The summed E-state index contributed by atoms with van der Waals surface area (Å²) in [6.45, 7) is 0. The van der Waals surface area contributed by atoms with Gasteiger partial charge in [0.1, 0.15) is 5.10 Å². The lowest BCUT2D eigenvalue weighted by Crippen LogP contribution is -2.10. The molecule has 0 radical (unpaired) electrons. The van der Waals surface area contributed by atoms with Crippen molar-refractivity contribution in [2.45, 2.75) is 0 Å². The Morgan fingerprint density at radius 3 is 3.08 bits per heavy atom. The van der Waals surface area contributed by atoms with E-state index < -0.39 is 5.03 Å². The zero-order chi connectivity index (χ0) is 9.68. The van der Waals surface area contributed by atoms with Crippen LogP contribution in [-0.4, -0.2) is 17.2 Å². The first-order valence-corrected chi connectivity index (χ1v) is 4.12. The first kappa shape index (κ1) is 9.33. The van der Waals surface area contributed by atoms with Crippen LogP contribution in [-0.2, 0) is 0 Å². The molecule has 0 amide bonds. The van der Waals surface area contributed by atoms with Gasteiger partial charge in [-0.05, 0) is 11.4 Å². The number of nitro groups is 1. The van der Waals surface area contributed by atoms with E-state index in [4.69, 9.17) is 5.73 Å². The van der Waals surface area contributed by atoms with Crippen LogP contribution in [0.2, 0.25) is 0 Å². The van der Waals surface area contributed by atoms with E-state index in [2.05, 4.69) is 10.1 Å². The lowest BCUT2D eigenvalue weighted by atomic mass is 10.5. The van der Waals surface area contributed by atoms with Gasteiger partial charge in [-0.3, -0.25) is 0 Å². The van der Waals surface area contributed by atoms with Crippen molar-refractivity contribution in [2.24, 2.45) is 15.8 Å². The van der Waals surface area contributed by atoms with Crippen molar-refractivity contribution in [2.75, 3.05) is 0 Å². The minimum atomic E-state index is -0.888. The fraction of sp³-hybridized carbons (Fsp3) is 0. The van der Waals surface area contributed by atoms with Crippen molar-refractivity contribution in [1.82, 2.24) is 0 Å². The first-order chi connectivity index (χ1) is 6.18. The van der Waals surface area contributed by atoms with Gasteiger partial charge in [-0.25, -0.2) is 15.1 Å². The van der Waals surface area contributed by atoms with Crippen molar-refractivity contribution in [3.05, 3.63) is 32.5 Å². The zero-order valence-electron chi connectivity index (χ0n) is 6.45. The molecular weight excluding hydrogens is 192 g/mol. The number of hydrazone groups is 1. The molecule has 1 rings (SSSR count). The SMILES string of the molecule is NC(N=Cc1cccs1)=N[N+](=O)[O-]. The molecule has 2 N–H and O–H groups in total. The van der Waals surface area contributed by atoms with Gasteiger partial charge in [0.05, 0.1) is 0 Å². The van der Waals surface area contributed by atoms with E-state index in [1.54, 1.807) is 0 Å². The monoisotopic (exact) mass is 198 g/mol. The van der Waals surface area contributed by atoms with Gasteiger partial charge in [0, 0.05) is 11.1 Å². The Bertz CT molecular complexity index is 344. The molecule has 0 bridgehead atoms. The van der Waals surface area contributed by atoms with Crippen molar-refractivity contribution in [3.8, 4) is 0 Å². The van der Waals surface area contributed by atoms with Crippen LogP contribution >= 0.6 is 11.3 Å². The smallest absolute Gasteiger partial charge is 0.292 e. The van der Waals surface area contributed by atoms with Crippen LogP contribution < -0.4 is 5.73 Å². The molecule has 13 heavy (non-hydrogen) atoms. The van der Waals surface area contributed by atoms with E-state index in [0.717, 1.165) is 4.88 Å². The van der Waals surface area contributed by atoms with Gasteiger partial charge in [-0.1, -0.05) is 6.07 Å². The Kier molecular flexibility index (Phi) is 3.09. The number of guanidine groups is 1. The molecule has 7 heteroatoms. The van der Waals surface area contributed by atoms with Crippen LogP contribution in [0.15, 0.2) is 27.6 Å². The third-order valence-electron chi connectivity index (χ3n) is 1.05. The van der Waals surface area contributed by atoms with E-state index >= 15 is 0 Å². The van der Waals surface area contributed by atoms with E-state index in [-0.39, 0.29) is 5.96 Å². The summed E-state index contributed by atoms with van der Waals surface area (Å²) in [5, 5.41) is 13.6. The molecule has 1 aromatic rings. The number of hydrogen-bond acceptors (Lipinski definition) is 3. The molecular formula is C6H6N4O2S. The lowest BCUT2D eigenvalue weighted by Gasteiger charge is -1.83. The largest absolute Gasteiger partial charge is 0.363 e. The average molecular weight is 198 g/mol. The number of hydrogen-bond donors (Lipinski definition) is 1. The van der Waals surface area contributed by atoms with Gasteiger partial charge in [0.25, 0.3) is 5.96 Å². The summed E-state index contributed by atoms with van der Waals surface area (Å²) in [5.74, 6) is -0.363. The van der Waals surface area contributed by atoms with Crippen LogP contribution in [0.1, 0.15) is 4.88 Å². The second-order valence-corrected chi connectivity index (χ2v) is 2.95. The molecule has 0 aliphatic rings. The minimum absolute atomic E-state index is 0.363. The average Bonchev–Trinajstić information content (AvgIpc) is 2.51. The maximum atomic E-state index is 9.84. The Morgan fingerprint density at radius 2 is 2.54 bits per heavy atom. The number of rotatable bonds is 2. The highest BCUT2D eigenvalue weighted by atomic mass is 32.1. The molecule has 0 aromatic carbocycles. The Morgan fingerprint density at radius 1 is 1.77 bits per heavy atom. The van der Waals surface area contributed by atoms with E-state index in [9.17, 15) is 10.1 Å². The molecule has 0 fully saturated rings. The van der Waals surface area contributed by atoms with Gasteiger partial charge < -0.3 is 5.73 Å². The molecule has 0 aliphatic carbocycles. The molecule has 0 aliphatic heterocycles. The number of nitrogens with two attached hydrogens (primary N) is 1. The topological polar surface area (TPSA) is 93.9 Å². The molecule has 0 unspecified atom stereocenters. The van der Waals surface area contributed by atoms with Crippen LogP contribution in [0, 0.1) is 10.1 Å². The fourth-order valence-corrected chi connectivity index (χ4v) is 1.19. The van der Waals surface area contributed by atoms with Crippen molar-refractivity contribution >= 4 is 23.5 Å². The molecule has 1 heterocycles.